The molecule has 1 aliphatic rings. The average molecular weight is 248 g/mol. The lowest BCUT2D eigenvalue weighted by Crippen LogP contribution is -2.23. The summed E-state index contributed by atoms with van der Waals surface area (Å²) in [6, 6.07) is 2.20. The fraction of sp³-hybridized carbons (Fsp3) is 0.583. The third kappa shape index (κ3) is 2.15. The number of aromatic nitrogens is 3. The second-order valence-corrected chi connectivity index (χ2v) is 4.73. The van der Waals surface area contributed by atoms with Crippen LogP contribution in [0.25, 0.3) is 0 Å². The molecule has 0 aromatic carbocycles. The normalized spacial score (nSPS) is 20.7. The first kappa shape index (κ1) is 11.4. The molecule has 0 spiro atoms. The van der Waals surface area contributed by atoms with E-state index in [1.54, 1.807) is 0 Å². The van der Waals surface area contributed by atoms with Crippen LogP contribution in [0.3, 0.4) is 0 Å². The van der Waals surface area contributed by atoms with Crippen LogP contribution in [0.4, 0.5) is 0 Å². The van der Waals surface area contributed by atoms with Crippen LogP contribution in [0.1, 0.15) is 42.1 Å². The maximum atomic E-state index is 5.09. The maximum Gasteiger partial charge on any atom is 0.223 e. The van der Waals surface area contributed by atoms with Gasteiger partial charge >= 0.3 is 0 Å². The Hall–Kier alpha value is -1.69. The molecule has 1 atom stereocenters. The van der Waals surface area contributed by atoms with Crippen molar-refractivity contribution < 1.29 is 9.05 Å². The van der Waals surface area contributed by atoms with Crippen LogP contribution >= 0.6 is 0 Å². The van der Waals surface area contributed by atoms with E-state index in [1.165, 1.54) is 0 Å². The van der Waals surface area contributed by atoms with Crippen LogP contribution in [0, 0.1) is 13.8 Å². The van der Waals surface area contributed by atoms with E-state index < -0.39 is 0 Å². The molecule has 6 heteroatoms. The summed E-state index contributed by atoms with van der Waals surface area (Å²) in [6.45, 7) is 5.52. The van der Waals surface area contributed by atoms with E-state index in [4.69, 9.17) is 9.05 Å². The molecule has 3 heterocycles. The zero-order valence-electron chi connectivity index (χ0n) is 10.6. The van der Waals surface area contributed by atoms with Crippen molar-refractivity contribution in [3.05, 3.63) is 29.2 Å². The summed E-state index contributed by atoms with van der Waals surface area (Å²) in [6.07, 6.45) is 2.21. The van der Waals surface area contributed by atoms with Gasteiger partial charge in [0.1, 0.15) is 5.76 Å². The summed E-state index contributed by atoms with van der Waals surface area (Å²) in [5.41, 5.74) is 0.958. The molecule has 1 saturated heterocycles. The fourth-order valence-corrected chi connectivity index (χ4v) is 2.46. The minimum Gasteiger partial charge on any atom is -0.361 e. The Morgan fingerprint density at radius 2 is 2.22 bits per heavy atom. The van der Waals surface area contributed by atoms with Crippen LogP contribution in [0.5, 0.6) is 0 Å². The van der Waals surface area contributed by atoms with Crippen LogP contribution < -0.4 is 0 Å². The van der Waals surface area contributed by atoms with Gasteiger partial charge in [-0.15, -0.1) is 0 Å². The Morgan fingerprint density at radius 1 is 1.33 bits per heavy atom. The standard InChI is InChI=1S/C12H16N4O2/c1-8-6-10(14-17-8)7-16-5-3-4-11(16)12-13-9(2)18-15-12/h6,11H,3-5,7H2,1-2H3/t11-/m1/s1. The van der Waals surface area contributed by atoms with Crippen molar-refractivity contribution in [2.24, 2.45) is 0 Å². The van der Waals surface area contributed by atoms with Gasteiger partial charge in [-0.1, -0.05) is 10.3 Å². The molecule has 18 heavy (non-hydrogen) atoms. The topological polar surface area (TPSA) is 68.2 Å². The van der Waals surface area contributed by atoms with Crippen LogP contribution in [0.2, 0.25) is 0 Å². The number of hydrogen-bond donors (Lipinski definition) is 0. The summed E-state index contributed by atoms with van der Waals surface area (Å²) in [4.78, 5) is 6.65. The molecule has 6 nitrogen and oxygen atoms in total. The molecule has 0 radical (unpaired) electrons. The van der Waals surface area contributed by atoms with Crippen molar-refractivity contribution in [2.75, 3.05) is 6.54 Å². The Labute approximate surface area is 105 Å². The Balaban J connectivity index is 1.75. The SMILES string of the molecule is Cc1cc(CN2CCC[C@@H]2c2noc(C)n2)no1. The quantitative estimate of drug-likeness (QED) is 0.827. The van der Waals surface area contributed by atoms with Gasteiger partial charge in [0.25, 0.3) is 0 Å². The Morgan fingerprint density at radius 3 is 2.89 bits per heavy atom. The molecular formula is C12H16N4O2. The second-order valence-electron chi connectivity index (χ2n) is 4.73. The Bertz CT molecular complexity index is 534. The monoisotopic (exact) mass is 248 g/mol. The highest BCUT2D eigenvalue weighted by Crippen LogP contribution is 2.31. The molecule has 0 saturated carbocycles. The highest BCUT2D eigenvalue weighted by atomic mass is 16.5. The molecule has 1 fully saturated rings. The van der Waals surface area contributed by atoms with E-state index in [2.05, 4.69) is 20.2 Å². The zero-order valence-corrected chi connectivity index (χ0v) is 10.6. The third-order valence-electron chi connectivity index (χ3n) is 3.25. The smallest absolute Gasteiger partial charge is 0.223 e. The fourth-order valence-electron chi connectivity index (χ4n) is 2.46. The molecule has 0 N–H and O–H groups in total. The summed E-state index contributed by atoms with van der Waals surface area (Å²) in [5, 5.41) is 8.05. The first-order chi connectivity index (χ1) is 8.72. The van der Waals surface area contributed by atoms with Crippen molar-refractivity contribution in [1.29, 1.82) is 0 Å². The number of rotatable bonds is 3. The van der Waals surface area contributed by atoms with Gasteiger partial charge in [-0.05, 0) is 26.3 Å². The molecule has 0 bridgehead atoms. The molecular weight excluding hydrogens is 232 g/mol. The van der Waals surface area contributed by atoms with Gasteiger partial charge < -0.3 is 9.05 Å². The lowest BCUT2D eigenvalue weighted by molar-refractivity contribution is 0.227. The lowest BCUT2D eigenvalue weighted by Gasteiger charge is -2.20. The van der Waals surface area contributed by atoms with E-state index in [-0.39, 0.29) is 6.04 Å². The van der Waals surface area contributed by atoms with Gasteiger partial charge in [0, 0.05) is 19.5 Å². The van der Waals surface area contributed by atoms with E-state index in [9.17, 15) is 0 Å². The van der Waals surface area contributed by atoms with E-state index in [0.717, 1.165) is 43.2 Å². The highest BCUT2D eigenvalue weighted by Gasteiger charge is 2.30. The van der Waals surface area contributed by atoms with Gasteiger partial charge in [0.05, 0.1) is 11.7 Å². The molecule has 0 amide bonds. The highest BCUT2D eigenvalue weighted by molar-refractivity contribution is 5.06. The zero-order chi connectivity index (χ0) is 12.5. The summed E-state index contributed by atoms with van der Waals surface area (Å²) < 4.78 is 10.2. The van der Waals surface area contributed by atoms with Gasteiger partial charge in [-0.3, -0.25) is 4.90 Å². The average Bonchev–Trinajstić information content (AvgIpc) is 3.01. The first-order valence-corrected chi connectivity index (χ1v) is 6.19. The number of hydrogen-bond acceptors (Lipinski definition) is 6. The van der Waals surface area contributed by atoms with Gasteiger partial charge in [0.2, 0.25) is 5.89 Å². The minimum absolute atomic E-state index is 0.236. The number of aryl methyl sites for hydroxylation is 2. The predicted octanol–water partition coefficient (Wildman–Crippen LogP) is 2.01. The maximum absolute atomic E-state index is 5.09. The number of likely N-dealkylation sites (tertiary alicyclic amines) is 1. The van der Waals surface area contributed by atoms with Gasteiger partial charge in [0.15, 0.2) is 5.82 Å². The van der Waals surface area contributed by atoms with Crippen molar-refractivity contribution in [3.63, 3.8) is 0 Å². The van der Waals surface area contributed by atoms with Crippen LogP contribution in [-0.4, -0.2) is 26.7 Å². The van der Waals surface area contributed by atoms with Crippen molar-refractivity contribution in [2.45, 2.75) is 39.3 Å². The molecule has 2 aromatic heterocycles. The third-order valence-corrected chi connectivity index (χ3v) is 3.25. The van der Waals surface area contributed by atoms with Gasteiger partial charge in [-0.2, -0.15) is 4.98 Å². The van der Waals surface area contributed by atoms with Crippen molar-refractivity contribution >= 4 is 0 Å². The molecule has 2 aromatic rings. The van der Waals surface area contributed by atoms with Crippen molar-refractivity contribution in [1.82, 2.24) is 20.2 Å². The largest absolute Gasteiger partial charge is 0.361 e. The van der Waals surface area contributed by atoms with E-state index in [0.29, 0.717) is 5.89 Å². The van der Waals surface area contributed by atoms with Crippen LogP contribution in [-0.2, 0) is 6.54 Å². The first-order valence-electron chi connectivity index (χ1n) is 6.19. The Kier molecular flexibility index (Phi) is 2.87. The number of nitrogens with zero attached hydrogens (tertiary/aromatic N) is 4. The second kappa shape index (κ2) is 4.53. The lowest BCUT2D eigenvalue weighted by atomic mass is 10.2. The van der Waals surface area contributed by atoms with Gasteiger partial charge in [-0.25, -0.2) is 0 Å². The summed E-state index contributed by atoms with van der Waals surface area (Å²) >= 11 is 0. The summed E-state index contributed by atoms with van der Waals surface area (Å²) in [5.74, 6) is 2.25. The molecule has 0 unspecified atom stereocenters. The van der Waals surface area contributed by atoms with Crippen molar-refractivity contribution in [3.8, 4) is 0 Å². The molecule has 1 aliphatic heterocycles. The van der Waals surface area contributed by atoms with E-state index in [1.807, 2.05) is 19.9 Å². The van der Waals surface area contributed by atoms with Crippen LogP contribution in [0.15, 0.2) is 15.1 Å². The predicted molar refractivity (Wildman–Crippen MR) is 62.7 cm³/mol. The molecule has 0 aliphatic carbocycles. The summed E-state index contributed by atoms with van der Waals surface area (Å²) in [7, 11) is 0. The van der Waals surface area contributed by atoms with E-state index >= 15 is 0 Å². The molecule has 96 valence electrons. The minimum atomic E-state index is 0.236. The molecule has 3 rings (SSSR count).